The van der Waals surface area contributed by atoms with Crippen LogP contribution >= 0.6 is 0 Å². The Bertz CT molecular complexity index is 933. The monoisotopic (exact) mass is 539 g/mol. The first-order valence-corrected chi connectivity index (χ1v) is 13.5. The third-order valence-corrected chi connectivity index (χ3v) is 5.71. The van der Waals surface area contributed by atoms with E-state index in [4.69, 9.17) is 25.5 Å². The molecular formula is C30H41NO6Si. The molecule has 1 fully saturated rings. The number of nitrogens with two attached hydrogens (primary N) is 1. The van der Waals surface area contributed by atoms with E-state index in [1.807, 2.05) is 30.3 Å². The van der Waals surface area contributed by atoms with Crippen molar-refractivity contribution in [2.45, 2.75) is 45.2 Å². The molecule has 0 aliphatic carbocycles. The highest BCUT2D eigenvalue weighted by molar-refractivity contribution is 6.27. The molecule has 7 nitrogen and oxygen atoms in total. The molecule has 38 heavy (non-hydrogen) atoms. The molecule has 0 unspecified atom stereocenters. The second-order valence-corrected chi connectivity index (χ2v) is 9.43. The molecule has 2 radical (unpaired) electrons. The number of hydrogen-bond donors (Lipinski definition) is 5. The summed E-state index contributed by atoms with van der Waals surface area (Å²) in [5.41, 5.74) is 6.09. The number of carboxylic acids is 1. The van der Waals surface area contributed by atoms with Crippen LogP contribution in [0.25, 0.3) is 0 Å². The van der Waals surface area contributed by atoms with E-state index in [0.29, 0.717) is 17.2 Å². The topological polar surface area (TPSA) is 133 Å². The third-order valence-electron chi connectivity index (χ3n) is 4.75. The number of allylic oxidation sites excluding steroid dienone is 1. The molecule has 0 aromatic heterocycles. The van der Waals surface area contributed by atoms with E-state index in [9.17, 15) is 9.90 Å². The zero-order valence-corrected chi connectivity index (χ0v) is 23.2. The van der Waals surface area contributed by atoms with Gasteiger partial charge in [-0.15, -0.1) is 6.58 Å². The minimum atomic E-state index is -0.931. The number of benzene rings is 3. The smallest absolute Gasteiger partial charge is 0.320 e. The van der Waals surface area contributed by atoms with E-state index in [-0.39, 0.29) is 5.92 Å². The average Bonchev–Trinajstić information content (AvgIpc) is 2.93. The molecule has 1 heterocycles. The Morgan fingerprint density at radius 2 is 1.42 bits per heavy atom. The Morgan fingerprint density at radius 1 is 0.921 bits per heavy atom. The van der Waals surface area contributed by atoms with E-state index < -0.39 is 12.0 Å². The lowest BCUT2D eigenvalue weighted by molar-refractivity contribution is -0.139. The summed E-state index contributed by atoms with van der Waals surface area (Å²) in [6, 6.07) is 25.3. The van der Waals surface area contributed by atoms with Crippen LogP contribution in [0.4, 0.5) is 0 Å². The third kappa shape index (κ3) is 19.6. The van der Waals surface area contributed by atoms with Gasteiger partial charge in [-0.05, 0) is 60.7 Å². The molecule has 4 rings (SSSR count). The molecule has 8 heteroatoms. The Hall–Kier alpha value is -3.59. The van der Waals surface area contributed by atoms with Gasteiger partial charge < -0.3 is 30.6 Å². The zero-order chi connectivity index (χ0) is 28.6. The maximum absolute atomic E-state index is 10.0. The summed E-state index contributed by atoms with van der Waals surface area (Å²) >= 11 is 0. The predicted octanol–water partition coefficient (Wildman–Crippen LogP) is 5.79. The van der Waals surface area contributed by atoms with Crippen molar-refractivity contribution in [2.75, 3.05) is 6.61 Å². The minimum absolute atomic E-state index is 0.0208. The van der Waals surface area contributed by atoms with E-state index in [0.717, 1.165) is 28.4 Å². The lowest BCUT2D eigenvalue weighted by Crippen LogP contribution is -2.34. The number of aliphatic carboxylic acids is 1. The van der Waals surface area contributed by atoms with Crippen LogP contribution in [0.2, 0.25) is 6.04 Å². The van der Waals surface area contributed by atoms with E-state index >= 15 is 0 Å². The summed E-state index contributed by atoms with van der Waals surface area (Å²) in [4.78, 5) is 10.0. The maximum atomic E-state index is 10.0. The Labute approximate surface area is 229 Å². The van der Waals surface area contributed by atoms with E-state index in [2.05, 4.69) is 6.58 Å². The first kappa shape index (κ1) is 34.4. The van der Waals surface area contributed by atoms with Crippen molar-refractivity contribution in [3.05, 3.63) is 103 Å². The van der Waals surface area contributed by atoms with Crippen molar-refractivity contribution >= 4 is 15.7 Å². The van der Waals surface area contributed by atoms with Crippen LogP contribution in [0.5, 0.6) is 17.2 Å². The normalized spacial score (nSPS) is 12.3. The van der Waals surface area contributed by atoms with Crippen molar-refractivity contribution in [3.63, 3.8) is 0 Å². The Morgan fingerprint density at radius 3 is 1.66 bits per heavy atom. The standard InChI is InChI=1S/C9H10O.2C6H6O.C5H11NO2.C4H8OSi/c1-2-5-8-6-3-4-7-9(8)10;2*7-6-4-2-1-3-5-6;1-3(2)4(6)5(7)8;1-2-4-6-5-3-1/h2-4,6-7,10H,1,5H2;2*1-5,7H;3-4H,6H2,1-2H3,(H,7,8);1-4H2/t;;;4-;/m...0./s1. The number of phenolic OH excluding ortho intramolecular Hbond substituents is 3. The number of carboxylic acid groups (broad SMARTS) is 1. The quantitative estimate of drug-likeness (QED) is 0.209. The predicted molar refractivity (Wildman–Crippen MR) is 154 cm³/mol. The highest BCUT2D eigenvalue weighted by Crippen LogP contribution is 2.15. The van der Waals surface area contributed by atoms with Crippen molar-refractivity contribution in [1.29, 1.82) is 0 Å². The van der Waals surface area contributed by atoms with Gasteiger partial charge in [-0.2, -0.15) is 0 Å². The summed E-state index contributed by atoms with van der Waals surface area (Å²) in [7, 11) is 0.802. The molecular weight excluding hydrogens is 498 g/mol. The molecule has 1 aliphatic heterocycles. The Balaban J connectivity index is 0.000000455. The summed E-state index contributed by atoms with van der Waals surface area (Å²) < 4.78 is 5.10. The molecule has 206 valence electrons. The zero-order valence-electron chi connectivity index (χ0n) is 22.2. The number of aromatic hydroxyl groups is 3. The van der Waals surface area contributed by atoms with Gasteiger partial charge in [-0.25, -0.2) is 0 Å². The van der Waals surface area contributed by atoms with Crippen LogP contribution in [-0.2, 0) is 15.6 Å². The number of phenols is 3. The molecule has 1 saturated heterocycles. The SMILES string of the molecule is C1CC[Si]OC1.C=CCc1ccccc1O.CC(C)[C@H](N)C(=O)O.Oc1ccccc1.Oc1ccccc1. The lowest BCUT2D eigenvalue weighted by Gasteiger charge is -2.07. The van der Waals surface area contributed by atoms with Crippen molar-refractivity contribution in [2.24, 2.45) is 11.7 Å². The summed E-state index contributed by atoms with van der Waals surface area (Å²) in [5, 5.41) is 34.7. The fourth-order valence-corrected chi connectivity index (χ4v) is 3.32. The first-order chi connectivity index (χ1) is 18.2. The van der Waals surface area contributed by atoms with E-state index in [1.165, 1.54) is 18.9 Å². The van der Waals surface area contributed by atoms with Crippen LogP contribution < -0.4 is 5.73 Å². The van der Waals surface area contributed by atoms with Gasteiger partial charge in [-0.1, -0.05) is 80.9 Å². The van der Waals surface area contributed by atoms with Crippen molar-refractivity contribution < 1.29 is 29.6 Å². The van der Waals surface area contributed by atoms with Gasteiger partial charge in [0.15, 0.2) is 0 Å². The molecule has 0 spiro atoms. The largest absolute Gasteiger partial charge is 0.508 e. The van der Waals surface area contributed by atoms with Gasteiger partial charge >= 0.3 is 5.97 Å². The van der Waals surface area contributed by atoms with Gasteiger partial charge in [0.2, 0.25) is 9.76 Å². The lowest BCUT2D eigenvalue weighted by atomic mass is 10.1. The number of carbonyl (C=O) groups is 1. The van der Waals surface area contributed by atoms with Gasteiger partial charge in [0.25, 0.3) is 0 Å². The molecule has 6 N–H and O–H groups in total. The second kappa shape index (κ2) is 22.6. The summed E-state index contributed by atoms with van der Waals surface area (Å²) in [6.45, 7) is 8.15. The first-order valence-electron chi connectivity index (χ1n) is 12.4. The van der Waals surface area contributed by atoms with Crippen LogP contribution in [-0.4, -0.2) is 48.8 Å². The van der Waals surface area contributed by atoms with E-state index in [1.54, 1.807) is 74.5 Å². The molecule has 0 amide bonds. The number of hydrogen-bond acceptors (Lipinski definition) is 6. The molecule has 1 aliphatic rings. The molecule has 1 atom stereocenters. The van der Waals surface area contributed by atoms with Crippen LogP contribution in [0.15, 0.2) is 97.6 Å². The van der Waals surface area contributed by atoms with Gasteiger partial charge in [0.05, 0.1) is 0 Å². The fraction of sp³-hybridized carbons (Fsp3) is 0.300. The van der Waals surface area contributed by atoms with Crippen molar-refractivity contribution in [1.82, 2.24) is 0 Å². The Kier molecular flexibility index (Phi) is 20.5. The highest BCUT2D eigenvalue weighted by atomic mass is 28.2. The molecule has 0 saturated carbocycles. The number of para-hydroxylation sites is 3. The molecule has 0 bridgehead atoms. The summed E-state index contributed by atoms with van der Waals surface area (Å²) in [5.74, 6) is 0.0832. The van der Waals surface area contributed by atoms with Crippen molar-refractivity contribution in [3.8, 4) is 17.2 Å². The van der Waals surface area contributed by atoms with Gasteiger partial charge in [-0.3, -0.25) is 4.79 Å². The van der Waals surface area contributed by atoms with Crippen LogP contribution in [0.3, 0.4) is 0 Å². The second-order valence-electron chi connectivity index (χ2n) is 8.35. The van der Waals surface area contributed by atoms with Crippen LogP contribution in [0.1, 0.15) is 32.3 Å². The van der Waals surface area contributed by atoms with Gasteiger partial charge in [0, 0.05) is 6.61 Å². The fourth-order valence-electron chi connectivity index (χ4n) is 2.50. The molecule has 3 aromatic rings. The molecule has 3 aromatic carbocycles. The maximum Gasteiger partial charge on any atom is 0.320 e. The minimum Gasteiger partial charge on any atom is -0.508 e. The average molecular weight is 540 g/mol. The van der Waals surface area contributed by atoms with Crippen LogP contribution in [0, 0.1) is 5.92 Å². The van der Waals surface area contributed by atoms with Gasteiger partial charge in [0.1, 0.15) is 23.3 Å². The number of rotatable bonds is 4. The summed E-state index contributed by atoms with van der Waals surface area (Å²) in [6.07, 6.45) is 5.17. The highest BCUT2D eigenvalue weighted by Gasteiger charge is 2.14.